The minimum absolute atomic E-state index is 0.165. The first-order chi connectivity index (χ1) is 11.5. The molecule has 6 nitrogen and oxygen atoms in total. The van der Waals surface area contributed by atoms with Crippen molar-refractivity contribution in [3.05, 3.63) is 46.2 Å². The van der Waals surface area contributed by atoms with E-state index in [0.29, 0.717) is 5.02 Å². The monoisotopic (exact) mass is 351 g/mol. The zero-order valence-corrected chi connectivity index (χ0v) is 14.8. The fraction of sp³-hybridized carbons (Fsp3) is 0.412. The van der Waals surface area contributed by atoms with Gasteiger partial charge in [-0.3, -0.25) is 4.79 Å². The number of carbonyl (C=O) groups is 1. The number of benzene rings is 1. The lowest BCUT2D eigenvalue weighted by molar-refractivity contribution is -0.121. The van der Waals surface area contributed by atoms with Crippen LogP contribution < -0.4 is 5.32 Å². The van der Waals surface area contributed by atoms with Crippen LogP contribution in [0.25, 0.3) is 5.69 Å². The van der Waals surface area contributed by atoms with Gasteiger partial charge in [0.25, 0.3) is 0 Å². The Morgan fingerprint density at radius 3 is 2.62 bits per heavy atom. The average molecular weight is 352 g/mol. The van der Waals surface area contributed by atoms with Crippen molar-refractivity contribution < 1.29 is 14.6 Å². The van der Waals surface area contributed by atoms with Gasteiger partial charge in [-0.15, -0.1) is 0 Å². The number of hydrogen-bond acceptors (Lipinski definition) is 4. The molecule has 2 rings (SSSR count). The van der Waals surface area contributed by atoms with E-state index < -0.39 is 6.04 Å². The highest BCUT2D eigenvalue weighted by atomic mass is 35.5. The van der Waals surface area contributed by atoms with E-state index in [4.69, 9.17) is 16.3 Å². The number of methoxy groups -OCH3 is 1. The van der Waals surface area contributed by atoms with Crippen LogP contribution in [0.3, 0.4) is 0 Å². The lowest BCUT2D eigenvalue weighted by Crippen LogP contribution is -2.41. The van der Waals surface area contributed by atoms with E-state index >= 15 is 0 Å². The van der Waals surface area contributed by atoms with E-state index in [0.717, 1.165) is 22.6 Å². The number of nitrogens with zero attached hydrogens (tertiary/aromatic N) is 2. The summed E-state index contributed by atoms with van der Waals surface area (Å²) < 4.78 is 6.76. The topological polar surface area (TPSA) is 76.4 Å². The number of ether oxygens (including phenoxy) is 1. The molecule has 0 spiro atoms. The summed E-state index contributed by atoms with van der Waals surface area (Å²) in [5.41, 5.74) is 3.46. The second kappa shape index (κ2) is 8.28. The maximum Gasteiger partial charge on any atom is 0.224 e. The van der Waals surface area contributed by atoms with E-state index in [-0.39, 0.29) is 25.5 Å². The number of carbonyl (C=O) groups excluding carboxylic acids is 1. The Balaban J connectivity index is 2.17. The minimum Gasteiger partial charge on any atom is -0.394 e. The summed E-state index contributed by atoms with van der Waals surface area (Å²) in [5, 5.41) is 17.2. The molecule has 0 saturated carbocycles. The Hall–Kier alpha value is -1.89. The minimum atomic E-state index is -0.408. The summed E-state index contributed by atoms with van der Waals surface area (Å²) in [4.78, 5) is 12.2. The van der Waals surface area contributed by atoms with Crippen LogP contribution in [-0.2, 0) is 16.0 Å². The molecule has 2 N–H and O–H groups in total. The van der Waals surface area contributed by atoms with Crippen LogP contribution in [0.4, 0.5) is 0 Å². The normalized spacial score (nSPS) is 12.2. The molecule has 1 atom stereocenters. The third-order valence-corrected chi connectivity index (χ3v) is 4.06. The van der Waals surface area contributed by atoms with Crippen molar-refractivity contribution in [1.82, 2.24) is 15.1 Å². The predicted octanol–water partition coefficient (Wildman–Crippen LogP) is 1.81. The van der Waals surface area contributed by atoms with Crippen LogP contribution in [-0.4, -0.2) is 47.2 Å². The van der Waals surface area contributed by atoms with E-state index in [9.17, 15) is 9.90 Å². The Bertz CT molecular complexity index is 698. The average Bonchev–Trinajstić information content (AvgIpc) is 2.83. The highest BCUT2D eigenvalue weighted by Crippen LogP contribution is 2.20. The molecule has 0 radical (unpaired) electrons. The van der Waals surface area contributed by atoms with Gasteiger partial charge in [0.1, 0.15) is 0 Å². The van der Waals surface area contributed by atoms with Gasteiger partial charge in [-0.05, 0) is 38.1 Å². The molecule has 130 valence electrons. The standard InChI is InChI=1S/C17H22ClN3O3/c1-11-16(8-17(23)19-14(9-22)10-24-3)12(2)21(20-11)15-6-4-13(18)5-7-15/h4-7,14,22H,8-10H2,1-3H3,(H,19,23)/t14-/m0/s1. The smallest absolute Gasteiger partial charge is 0.224 e. The molecule has 1 aromatic carbocycles. The van der Waals surface area contributed by atoms with E-state index in [1.165, 1.54) is 7.11 Å². The Labute approximate surface area is 146 Å². The third kappa shape index (κ3) is 4.35. The molecular formula is C17H22ClN3O3. The van der Waals surface area contributed by atoms with Crippen molar-refractivity contribution in [2.75, 3.05) is 20.3 Å². The number of aromatic nitrogens is 2. The van der Waals surface area contributed by atoms with Gasteiger partial charge in [-0.25, -0.2) is 4.68 Å². The largest absolute Gasteiger partial charge is 0.394 e. The summed E-state index contributed by atoms with van der Waals surface area (Å²) in [7, 11) is 1.53. The van der Waals surface area contributed by atoms with Gasteiger partial charge in [0, 0.05) is 23.4 Å². The van der Waals surface area contributed by atoms with E-state index in [1.54, 1.807) is 16.8 Å². The molecule has 0 bridgehead atoms. The molecule has 0 aliphatic carbocycles. The zero-order chi connectivity index (χ0) is 17.7. The molecule has 1 heterocycles. The third-order valence-electron chi connectivity index (χ3n) is 3.80. The molecule has 0 saturated heterocycles. The van der Waals surface area contributed by atoms with Gasteiger partial charge in [-0.1, -0.05) is 11.6 Å². The number of amides is 1. The van der Waals surface area contributed by atoms with Gasteiger partial charge >= 0.3 is 0 Å². The van der Waals surface area contributed by atoms with Crippen LogP contribution in [0.1, 0.15) is 17.0 Å². The van der Waals surface area contributed by atoms with Crippen LogP contribution in [0.2, 0.25) is 5.02 Å². The fourth-order valence-corrected chi connectivity index (χ4v) is 2.67. The molecule has 0 fully saturated rings. The number of nitrogens with one attached hydrogen (secondary N) is 1. The Kier molecular flexibility index (Phi) is 6.36. The summed E-state index contributed by atoms with van der Waals surface area (Å²) in [5.74, 6) is -0.173. The van der Waals surface area contributed by atoms with Crippen LogP contribution in [0.5, 0.6) is 0 Å². The first kappa shape index (κ1) is 18.4. The number of aliphatic hydroxyl groups excluding tert-OH is 1. The van der Waals surface area contributed by atoms with Crippen LogP contribution in [0, 0.1) is 13.8 Å². The van der Waals surface area contributed by atoms with E-state index in [2.05, 4.69) is 10.4 Å². The van der Waals surface area contributed by atoms with Crippen LogP contribution >= 0.6 is 11.6 Å². The van der Waals surface area contributed by atoms with Gasteiger partial charge in [0.05, 0.1) is 37.1 Å². The lowest BCUT2D eigenvalue weighted by atomic mass is 10.1. The van der Waals surface area contributed by atoms with Crippen molar-refractivity contribution in [3.8, 4) is 5.69 Å². The van der Waals surface area contributed by atoms with Gasteiger partial charge in [0.2, 0.25) is 5.91 Å². The molecule has 24 heavy (non-hydrogen) atoms. The Morgan fingerprint density at radius 1 is 1.38 bits per heavy atom. The second-order valence-corrected chi connectivity index (χ2v) is 6.05. The molecule has 1 aromatic heterocycles. The maximum absolute atomic E-state index is 12.2. The summed E-state index contributed by atoms with van der Waals surface area (Å²) in [6, 6.07) is 6.96. The Morgan fingerprint density at radius 2 is 2.04 bits per heavy atom. The molecule has 0 unspecified atom stereocenters. The summed E-state index contributed by atoms with van der Waals surface area (Å²) in [6.07, 6.45) is 0.200. The molecule has 0 aliphatic rings. The maximum atomic E-state index is 12.2. The van der Waals surface area contributed by atoms with Crippen LogP contribution in [0.15, 0.2) is 24.3 Å². The molecule has 2 aromatic rings. The lowest BCUT2D eigenvalue weighted by Gasteiger charge is -2.15. The number of halogens is 1. The van der Waals surface area contributed by atoms with Crippen molar-refractivity contribution in [1.29, 1.82) is 0 Å². The quantitative estimate of drug-likeness (QED) is 0.797. The molecular weight excluding hydrogens is 330 g/mol. The SMILES string of the molecule is COC[C@H](CO)NC(=O)Cc1c(C)nn(-c2ccc(Cl)cc2)c1C. The zero-order valence-electron chi connectivity index (χ0n) is 14.0. The van der Waals surface area contributed by atoms with E-state index in [1.807, 2.05) is 26.0 Å². The van der Waals surface area contributed by atoms with Crippen molar-refractivity contribution in [2.24, 2.45) is 0 Å². The van der Waals surface area contributed by atoms with Crippen molar-refractivity contribution in [3.63, 3.8) is 0 Å². The number of rotatable bonds is 7. The van der Waals surface area contributed by atoms with Crippen molar-refractivity contribution >= 4 is 17.5 Å². The van der Waals surface area contributed by atoms with Gasteiger partial charge < -0.3 is 15.2 Å². The van der Waals surface area contributed by atoms with Gasteiger partial charge in [0.15, 0.2) is 0 Å². The molecule has 1 amide bonds. The number of aliphatic hydroxyl groups is 1. The number of aryl methyl sites for hydroxylation is 1. The van der Waals surface area contributed by atoms with Gasteiger partial charge in [-0.2, -0.15) is 5.10 Å². The fourth-order valence-electron chi connectivity index (χ4n) is 2.54. The van der Waals surface area contributed by atoms with Crippen molar-refractivity contribution in [2.45, 2.75) is 26.3 Å². The number of hydrogen-bond donors (Lipinski definition) is 2. The summed E-state index contributed by atoms with van der Waals surface area (Å²) >= 11 is 5.92. The molecule has 7 heteroatoms. The first-order valence-electron chi connectivity index (χ1n) is 7.66. The highest BCUT2D eigenvalue weighted by molar-refractivity contribution is 6.30. The predicted molar refractivity (Wildman–Crippen MR) is 92.6 cm³/mol. The first-order valence-corrected chi connectivity index (χ1v) is 8.04. The molecule has 0 aliphatic heterocycles. The second-order valence-electron chi connectivity index (χ2n) is 5.62. The summed E-state index contributed by atoms with van der Waals surface area (Å²) in [6.45, 7) is 3.91. The highest BCUT2D eigenvalue weighted by Gasteiger charge is 2.18.